The summed E-state index contributed by atoms with van der Waals surface area (Å²) in [6.45, 7) is 7.10. The van der Waals surface area contributed by atoms with Crippen LogP contribution in [0.3, 0.4) is 0 Å². The number of carbonyl (C=O) groups is 3. The zero-order chi connectivity index (χ0) is 25.3. The third kappa shape index (κ3) is 5.44. The highest BCUT2D eigenvalue weighted by Crippen LogP contribution is 2.39. The minimum Gasteiger partial charge on any atom is -0.446 e. The fourth-order valence-corrected chi connectivity index (χ4v) is 5.77. The summed E-state index contributed by atoms with van der Waals surface area (Å²) < 4.78 is 7.33. The van der Waals surface area contributed by atoms with Crippen molar-refractivity contribution in [2.45, 2.75) is 71.3 Å². The van der Waals surface area contributed by atoms with Crippen LogP contribution in [0.15, 0.2) is 18.2 Å². The number of rotatable bonds is 6. The first-order chi connectivity index (χ1) is 16.5. The molecule has 1 aromatic heterocycles. The number of aromatic nitrogens is 2. The molecule has 9 heteroatoms. The van der Waals surface area contributed by atoms with Crippen LogP contribution in [-0.2, 0) is 21.4 Å². The molecule has 0 unspecified atom stereocenters. The molecular weight excluding hydrogens is 446 g/mol. The number of carbonyl (C=O) groups excluding carboxylic acids is 3. The quantitative estimate of drug-likeness (QED) is 0.536. The van der Waals surface area contributed by atoms with Gasteiger partial charge in [0.1, 0.15) is 6.10 Å². The van der Waals surface area contributed by atoms with Gasteiger partial charge in [0, 0.05) is 25.4 Å². The van der Waals surface area contributed by atoms with E-state index in [0.29, 0.717) is 24.7 Å². The van der Waals surface area contributed by atoms with Crippen molar-refractivity contribution < 1.29 is 19.1 Å². The van der Waals surface area contributed by atoms with Crippen LogP contribution in [0, 0.1) is 17.3 Å². The Morgan fingerprint density at radius 2 is 1.94 bits per heavy atom. The second-order valence-corrected chi connectivity index (χ2v) is 11.1. The highest BCUT2D eigenvalue weighted by atomic mass is 16.6. The summed E-state index contributed by atoms with van der Waals surface area (Å²) in [6.07, 6.45) is 4.03. The Balaban J connectivity index is 1.42. The zero-order valence-corrected chi connectivity index (χ0v) is 21.1. The summed E-state index contributed by atoms with van der Waals surface area (Å²) in [5, 5.41) is 11.7. The lowest BCUT2D eigenvalue weighted by Gasteiger charge is -2.39. The summed E-state index contributed by atoms with van der Waals surface area (Å²) in [5.74, 6) is -0.0852. The molecule has 1 aliphatic heterocycles. The van der Waals surface area contributed by atoms with Crippen molar-refractivity contribution in [1.82, 2.24) is 15.1 Å². The maximum absolute atomic E-state index is 12.4. The van der Waals surface area contributed by atoms with Crippen molar-refractivity contribution in [2.24, 2.45) is 30.0 Å². The molecule has 4 rings (SSSR count). The highest BCUT2D eigenvalue weighted by Gasteiger charge is 2.37. The first kappa shape index (κ1) is 25.0. The van der Waals surface area contributed by atoms with Crippen molar-refractivity contribution >= 4 is 34.5 Å². The van der Waals surface area contributed by atoms with Crippen molar-refractivity contribution in [1.29, 1.82) is 0 Å². The van der Waals surface area contributed by atoms with Crippen molar-refractivity contribution in [3.63, 3.8) is 0 Å². The second kappa shape index (κ2) is 9.87. The third-order valence-electron chi connectivity index (χ3n) is 7.46. The number of primary amides is 1. The predicted octanol–water partition coefficient (Wildman–Crippen LogP) is 3.82. The topological polar surface area (TPSA) is 128 Å². The molecule has 2 aliphatic rings. The molecule has 2 fully saturated rings. The number of benzene rings is 1. The molecule has 1 saturated carbocycles. The van der Waals surface area contributed by atoms with E-state index in [0.717, 1.165) is 54.5 Å². The molecular formula is C26H37N5O4. The number of amides is 3. The van der Waals surface area contributed by atoms with Crippen LogP contribution in [0.4, 0.5) is 10.5 Å². The molecule has 0 spiro atoms. The van der Waals surface area contributed by atoms with Crippen LogP contribution in [0.5, 0.6) is 0 Å². The molecule has 2 aromatic rings. The van der Waals surface area contributed by atoms with E-state index in [2.05, 4.69) is 36.5 Å². The minimum atomic E-state index is -0.699. The summed E-state index contributed by atoms with van der Waals surface area (Å²) in [6, 6.07) is 6.01. The van der Waals surface area contributed by atoms with Crippen LogP contribution < -0.4 is 16.4 Å². The fourth-order valence-electron chi connectivity index (χ4n) is 5.77. The van der Waals surface area contributed by atoms with Gasteiger partial charge in [0.2, 0.25) is 11.8 Å². The highest BCUT2D eigenvalue weighted by molar-refractivity contribution is 6.03. The minimum absolute atomic E-state index is 0.153. The summed E-state index contributed by atoms with van der Waals surface area (Å²) in [5.41, 5.74) is 7.86. The van der Waals surface area contributed by atoms with Crippen LogP contribution in [0.2, 0.25) is 0 Å². The van der Waals surface area contributed by atoms with Gasteiger partial charge in [0.25, 0.3) is 0 Å². The SMILES string of the molecule is Cn1nc([C@@H]2CCC(=O)NC2=O)c2cccc(NCC3CCC([C@H](OC(N)=O)C(C)(C)C)CC3)c21. The number of hydrogen-bond acceptors (Lipinski definition) is 6. The van der Waals surface area contributed by atoms with E-state index < -0.39 is 12.0 Å². The molecule has 0 radical (unpaired) electrons. The fraction of sp³-hybridized carbons (Fsp3) is 0.615. The van der Waals surface area contributed by atoms with Crippen LogP contribution in [-0.4, -0.2) is 40.3 Å². The zero-order valence-electron chi connectivity index (χ0n) is 21.1. The van der Waals surface area contributed by atoms with Gasteiger partial charge in [-0.15, -0.1) is 0 Å². The number of para-hydroxylation sites is 1. The number of nitrogens with one attached hydrogen (secondary N) is 2. The monoisotopic (exact) mass is 483 g/mol. The molecule has 1 aromatic carbocycles. The summed E-state index contributed by atoms with van der Waals surface area (Å²) in [4.78, 5) is 35.4. The lowest BCUT2D eigenvalue weighted by molar-refractivity contribution is -0.134. The van der Waals surface area contributed by atoms with E-state index in [9.17, 15) is 14.4 Å². The van der Waals surface area contributed by atoms with E-state index in [-0.39, 0.29) is 23.3 Å². The number of nitrogens with zero attached hydrogens (tertiary/aromatic N) is 2. The smallest absolute Gasteiger partial charge is 0.404 e. The lowest BCUT2D eigenvalue weighted by atomic mass is 9.72. The Labute approximate surface area is 206 Å². The van der Waals surface area contributed by atoms with Crippen molar-refractivity contribution in [3.05, 3.63) is 23.9 Å². The average Bonchev–Trinajstić information content (AvgIpc) is 3.12. The van der Waals surface area contributed by atoms with Gasteiger partial charge in [0.15, 0.2) is 0 Å². The molecule has 4 N–H and O–H groups in total. The molecule has 190 valence electrons. The number of nitrogens with two attached hydrogens (primary N) is 1. The number of aryl methyl sites for hydroxylation is 1. The largest absolute Gasteiger partial charge is 0.446 e. The Kier molecular flexibility index (Phi) is 7.05. The molecule has 1 aliphatic carbocycles. The molecule has 2 heterocycles. The van der Waals surface area contributed by atoms with Gasteiger partial charge >= 0.3 is 6.09 Å². The van der Waals surface area contributed by atoms with Crippen LogP contribution in [0.25, 0.3) is 10.9 Å². The van der Waals surface area contributed by atoms with E-state index in [4.69, 9.17) is 10.5 Å². The van der Waals surface area contributed by atoms with E-state index in [1.165, 1.54) is 0 Å². The van der Waals surface area contributed by atoms with Crippen molar-refractivity contribution in [3.8, 4) is 0 Å². The molecule has 0 bridgehead atoms. The summed E-state index contributed by atoms with van der Waals surface area (Å²) in [7, 11) is 1.89. The van der Waals surface area contributed by atoms with E-state index in [1.807, 2.05) is 29.9 Å². The summed E-state index contributed by atoms with van der Waals surface area (Å²) >= 11 is 0. The van der Waals surface area contributed by atoms with Gasteiger partial charge in [-0.3, -0.25) is 19.6 Å². The maximum atomic E-state index is 12.4. The van der Waals surface area contributed by atoms with Gasteiger partial charge in [0.05, 0.1) is 22.8 Å². The Morgan fingerprint density at radius 3 is 2.57 bits per heavy atom. The van der Waals surface area contributed by atoms with Gasteiger partial charge in [-0.05, 0) is 55.4 Å². The lowest BCUT2D eigenvalue weighted by Crippen LogP contribution is -2.41. The number of ether oxygens (including phenoxy) is 1. The van der Waals surface area contributed by atoms with Gasteiger partial charge in [-0.2, -0.15) is 5.10 Å². The Bertz CT molecular complexity index is 1110. The number of anilines is 1. The van der Waals surface area contributed by atoms with Crippen LogP contribution >= 0.6 is 0 Å². The number of piperidine rings is 1. The van der Waals surface area contributed by atoms with Crippen molar-refractivity contribution in [2.75, 3.05) is 11.9 Å². The molecule has 9 nitrogen and oxygen atoms in total. The first-order valence-electron chi connectivity index (χ1n) is 12.5. The van der Waals surface area contributed by atoms with Gasteiger partial charge < -0.3 is 15.8 Å². The normalized spacial score (nSPS) is 24.2. The number of hydrogen-bond donors (Lipinski definition) is 3. The van der Waals surface area contributed by atoms with Gasteiger partial charge in [-0.25, -0.2) is 4.79 Å². The van der Waals surface area contributed by atoms with E-state index >= 15 is 0 Å². The maximum Gasteiger partial charge on any atom is 0.404 e. The second-order valence-electron chi connectivity index (χ2n) is 11.1. The Morgan fingerprint density at radius 1 is 1.23 bits per heavy atom. The average molecular weight is 484 g/mol. The molecule has 1 saturated heterocycles. The Hall–Kier alpha value is -3.10. The molecule has 2 atom stereocenters. The number of imide groups is 1. The predicted molar refractivity (Wildman–Crippen MR) is 134 cm³/mol. The van der Waals surface area contributed by atoms with Crippen LogP contribution in [0.1, 0.15) is 70.9 Å². The van der Waals surface area contributed by atoms with Gasteiger partial charge in [-0.1, -0.05) is 32.9 Å². The third-order valence-corrected chi connectivity index (χ3v) is 7.46. The number of fused-ring (bicyclic) bond motifs is 1. The first-order valence-corrected chi connectivity index (χ1v) is 12.5. The standard InChI is InChI=1S/C26H37N5O4/c1-26(2,3)23(35-25(27)34)16-10-8-15(9-11-16)14-28-19-7-5-6-17-21(30-31(4)22(17)19)18-12-13-20(32)29-24(18)33/h5-7,15-16,18,23,28H,8-14H2,1-4H3,(H2,27,34)(H,29,32,33)/t15?,16?,18-,23-/m0/s1. The van der Waals surface area contributed by atoms with E-state index in [1.54, 1.807) is 0 Å². The molecule has 35 heavy (non-hydrogen) atoms. The molecule has 3 amide bonds.